The number of hydrogen-bond acceptors (Lipinski definition) is 4. The smallest absolute Gasteiger partial charge is 0.303 e. The average molecular weight is 352 g/mol. The van der Waals surface area contributed by atoms with Gasteiger partial charge in [-0.1, -0.05) is 45.1 Å². The van der Waals surface area contributed by atoms with Gasteiger partial charge in [0.25, 0.3) is 0 Å². The SMILES string of the molecule is CCCCCC(=O)/C=C/C1CC(O)C(=O)C1CCCCCCC(=O)O. The maximum Gasteiger partial charge on any atom is 0.303 e. The van der Waals surface area contributed by atoms with Crippen molar-refractivity contribution >= 4 is 17.5 Å². The highest BCUT2D eigenvalue weighted by Crippen LogP contribution is 2.34. The van der Waals surface area contributed by atoms with Crippen molar-refractivity contribution in [1.82, 2.24) is 0 Å². The van der Waals surface area contributed by atoms with Crippen molar-refractivity contribution < 1.29 is 24.6 Å². The van der Waals surface area contributed by atoms with Gasteiger partial charge in [-0.25, -0.2) is 0 Å². The number of aliphatic carboxylic acids is 1. The Hall–Kier alpha value is -1.49. The lowest BCUT2D eigenvalue weighted by Gasteiger charge is -2.14. The van der Waals surface area contributed by atoms with Crippen LogP contribution in [0.5, 0.6) is 0 Å². The quantitative estimate of drug-likeness (QED) is 0.390. The van der Waals surface area contributed by atoms with Crippen molar-refractivity contribution in [1.29, 1.82) is 0 Å². The van der Waals surface area contributed by atoms with Gasteiger partial charge in [-0.15, -0.1) is 0 Å². The van der Waals surface area contributed by atoms with Gasteiger partial charge in [0.05, 0.1) is 0 Å². The van der Waals surface area contributed by atoms with E-state index in [4.69, 9.17) is 5.11 Å². The van der Waals surface area contributed by atoms with Gasteiger partial charge in [0.15, 0.2) is 11.6 Å². The number of carbonyl (C=O) groups excluding carboxylic acids is 2. The van der Waals surface area contributed by atoms with Crippen molar-refractivity contribution in [2.24, 2.45) is 11.8 Å². The first-order valence-electron chi connectivity index (χ1n) is 9.60. The predicted octanol–water partition coefficient (Wildman–Crippen LogP) is 3.68. The second kappa shape index (κ2) is 12.0. The molecule has 0 aliphatic heterocycles. The number of carbonyl (C=O) groups is 3. The second-order valence-electron chi connectivity index (χ2n) is 7.05. The summed E-state index contributed by atoms with van der Waals surface area (Å²) in [6, 6.07) is 0. The van der Waals surface area contributed by atoms with Crippen molar-refractivity contribution in [3.05, 3.63) is 12.2 Å². The Kier molecular flexibility index (Phi) is 10.3. The Morgan fingerprint density at radius 2 is 1.76 bits per heavy atom. The van der Waals surface area contributed by atoms with Gasteiger partial charge in [-0.2, -0.15) is 0 Å². The van der Waals surface area contributed by atoms with E-state index in [1.807, 2.05) is 6.08 Å². The van der Waals surface area contributed by atoms with E-state index in [9.17, 15) is 19.5 Å². The third-order valence-electron chi connectivity index (χ3n) is 4.92. The number of carboxylic acids is 1. The van der Waals surface area contributed by atoms with Gasteiger partial charge in [-0.05, 0) is 37.7 Å². The molecule has 0 heterocycles. The van der Waals surface area contributed by atoms with E-state index >= 15 is 0 Å². The number of Topliss-reactive ketones (excluding diaryl/α,β-unsaturated/α-hetero) is 1. The van der Waals surface area contributed by atoms with E-state index in [1.165, 1.54) is 0 Å². The highest BCUT2D eigenvalue weighted by molar-refractivity contribution is 5.91. The molecule has 25 heavy (non-hydrogen) atoms. The summed E-state index contributed by atoms with van der Waals surface area (Å²) in [5.74, 6) is -1.07. The summed E-state index contributed by atoms with van der Waals surface area (Å²) in [7, 11) is 0. The number of carboxylic acid groups (broad SMARTS) is 1. The number of unbranched alkanes of at least 4 members (excludes halogenated alkanes) is 5. The molecule has 142 valence electrons. The second-order valence-corrected chi connectivity index (χ2v) is 7.05. The van der Waals surface area contributed by atoms with Crippen LogP contribution in [0.2, 0.25) is 0 Å². The number of hydrogen-bond donors (Lipinski definition) is 2. The van der Waals surface area contributed by atoms with Crippen LogP contribution in [0.25, 0.3) is 0 Å². The van der Waals surface area contributed by atoms with Gasteiger partial charge in [-0.3, -0.25) is 14.4 Å². The number of ketones is 2. The van der Waals surface area contributed by atoms with Gasteiger partial charge < -0.3 is 10.2 Å². The fraction of sp³-hybridized carbons (Fsp3) is 0.750. The zero-order valence-electron chi connectivity index (χ0n) is 15.3. The van der Waals surface area contributed by atoms with Crippen molar-refractivity contribution in [2.45, 2.75) is 83.7 Å². The maximum atomic E-state index is 12.1. The number of aliphatic hydroxyl groups excluding tert-OH is 1. The van der Waals surface area contributed by atoms with Gasteiger partial charge in [0.2, 0.25) is 0 Å². The molecule has 0 bridgehead atoms. The first-order chi connectivity index (χ1) is 12.0. The predicted molar refractivity (Wildman–Crippen MR) is 96.2 cm³/mol. The average Bonchev–Trinajstić information content (AvgIpc) is 2.83. The molecule has 5 heteroatoms. The van der Waals surface area contributed by atoms with Gasteiger partial charge in [0.1, 0.15) is 6.10 Å². The molecule has 1 fully saturated rings. The van der Waals surface area contributed by atoms with Crippen LogP contribution in [0.1, 0.15) is 77.6 Å². The van der Waals surface area contributed by atoms with E-state index < -0.39 is 12.1 Å². The van der Waals surface area contributed by atoms with Crippen LogP contribution in [-0.4, -0.2) is 33.9 Å². The molecule has 1 saturated carbocycles. The monoisotopic (exact) mass is 352 g/mol. The number of rotatable bonds is 13. The lowest BCUT2D eigenvalue weighted by atomic mass is 9.89. The molecule has 3 atom stereocenters. The summed E-state index contributed by atoms with van der Waals surface area (Å²) in [4.78, 5) is 34.4. The third-order valence-corrected chi connectivity index (χ3v) is 4.92. The lowest BCUT2D eigenvalue weighted by molar-refractivity contribution is -0.137. The lowest BCUT2D eigenvalue weighted by Crippen LogP contribution is -2.19. The summed E-state index contributed by atoms with van der Waals surface area (Å²) in [5.41, 5.74) is 0. The van der Waals surface area contributed by atoms with E-state index in [1.54, 1.807) is 6.08 Å². The molecule has 1 aliphatic rings. The largest absolute Gasteiger partial charge is 0.481 e. The van der Waals surface area contributed by atoms with Crippen LogP contribution in [0.15, 0.2) is 12.2 Å². The molecule has 2 N–H and O–H groups in total. The third kappa shape index (κ3) is 8.43. The number of allylic oxidation sites excluding steroid dienone is 2. The maximum absolute atomic E-state index is 12.1. The first kappa shape index (κ1) is 21.6. The minimum Gasteiger partial charge on any atom is -0.481 e. The van der Waals surface area contributed by atoms with E-state index in [0.717, 1.165) is 38.5 Å². The highest BCUT2D eigenvalue weighted by atomic mass is 16.4. The normalized spacial score (nSPS) is 23.4. The molecule has 0 aromatic heterocycles. The van der Waals surface area contributed by atoms with Crippen molar-refractivity contribution in [3.8, 4) is 0 Å². The Morgan fingerprint density at radius 1 is 1.08 bits per heavy atom. The van der Waals surface area contributed by atoms with E-state index in [0.29, 0.717) is 25.7 Å². The molecular formula is C20H32O5. The van der Waals surface area contributed by atoms with E-state index in [2.05, 4.69) is 6.92 Å². The fourth-order valence-electron chi connectivity index (χ4n) is 3.42. The molecule has 0 spiro atoms. The summed E-state index contributed by atoms with van der Waals surface area (Å²) in [5, 5.41) is 18.5. The zero-order chi connectivity index (χ0) is 18.7. The van der Waals surface area contributed by atoms with Gasteiger partial charge >= 0.3 is 5.97 Å². The minimum atomic E-state index is -0.915. The summed E-state index contributed by atoms with van der Waals surface area (Å²) < 4.78 is 0. The minimum absolute atomic E-state index is 0.0587. The van der Waals surface area contributed by atoms with Crippen molar-refractivity contribution in [3.63, 3.8) is 0 Å². The molecule has 0 aromatic carbocycles. The molecule has 0 aromatic rings. The number of aliphatic hydroxyl groups is 1. The molecule has 0 saturated heterocycles. The molecule has 0 radical (unpaired) electrons. The fourth-order valence-corrected chi connectivity index (χ4v) is 3.42. The summed E-state index contributed by atoms with van der Waals surface area (Å²) in [6.07, 6.45) is 10.6. The topological polar surface area (TPSA) is 91.7 Å². The molecule has 3 unspecified atom stereocenters. The van der Waals surface area contributed by atoms with Crippen LogP contribution in [0.4, 0.5) is 0 Å². The van der Waals surface area contributed by atoms with E-state index in [-0.39, 0.29) is 29.8 Å². The Labute approximate surface area is 150 Å². The molecule has 1 rings (SSSR count). The molecule has 5 nitrogen and oxygen atoms in total. The standard InChI is InChI=1S/C20H32O5/c1-2-3-6-9-16(21)13-12-15-14-18(22)20(25)17(15)10-7-4-5-8-11-19(23)24/h12-13,15,17-18,22H,2-11,14H2,1H3,(H,23,24)/b13-12+. The first-order valence-corrected chi connectivity index (χ1v) is 9.60. The van der Waals surface area contributed by atoms with Crippen LogP contribution >= 0.6 is 0 Å². The van der Waals surface area contributed by atoms with Gasteiger partial charge in [0, 0.05) is 18.8 Å². The van der Waals surface area contributed by atoms with Crippen LogP contribution in [0.3, 0.4) is 0 Å². The Morgan fingerprint density at radius 3 is 2.44 bits per heavy atom. The van der Waals surface area contributed by atoms with Crippen LogP contribution in [-0.2, 0) is 14.4 Å². The molecular weight excluding hydrogens is 320 g/mol. The summed E-state index contributed by atoms with van der Waals surface area (Å²) >= 11 is 0. The Balaban J connectivity index is 2.39. The highest BCUT2D eigenvalue weighted by Gasteiger charge is 2.39. The molecule has 1 aliphatic carbocycles. The molecule has 0 amide bonds. The zero-order valence-corrected chi connectivity index (χ0v) is 15.3. The van der Waals surface area contributed by atoms with Crippen molar-refractivity contribution in [2.75, 3.05) is 0 Å². The summed E-state index contributed by atoms with van der Waals surface area (Å²) in [6.45, 7) is 2.10. The van der Waals surface area contributed by atoms with Crippen LogP contribution in [0, 0.1) is 11.8 Å². The Bertz CT molecular complexity index is 469. The van der Waals surface area contributed by atoms with Crippen LogP contribution < -0.4 is 0 Å².